The summed E-state index contributed by atoms with van der Waals surface area (Å²) < 4.78 is 0. The molecule has 0 unspecified atom stereocenters. The highest BCUT2D eigenvalue weighted by Crippen LogP contribution is 2.28. The second-order valence-corrected chi connectivity index (χ2v) is 6.69. The number of hydrogen-bond donors (Lipinski definition) is 1. The van der Waals surface area contributed by atoms with Gasteiger partial charge in [0, 0.05) is 23.7 Å². The van der Waals surface area contributed by atoms with Crippen molar-refractivity contribution < 1.29 is 0 Å². The predicted octanol–water partition coefficient (Wildman–Crippen LogP) is 4.45. The Morgan fingerprint density at radius 1 is 1.30 bits per heavy atom. The van der Waals surface area contributed by atoms with Gasteiger partial charge in [-0.25, -0.2) is 4.98 Å². The Balaban J connectivity index is 1.67. The molecule has 0 spiro atoms. The highest BCUT2D eigenvalue weighted by atomic mass is 35.5. The molecule has 20 heavy (non-hydrogen) atoms. The number of benzene rings is 1. The van der Waals surface area contributed by atoms with Crippen LogP contribution in [0.5, 0.6) is 0 Å². The summed E-state index contributed by atoms with van der Waals surface area (Å²) in [4.78, 5) is 5.53. The lowest BCUT2D eigenvalue weighted by Crippen LogP contribution is -2.15. The minimum absolute atomic E-state index is 0.673. The van der Waals surface area contributed by atoms with E-state index in [4.69, 9.17) is 11.6 Å². The largest absolute Gasteiger partial charge is 0.310 e. The SMILES string of the molecule is Cc1cc(Sc2ccc(Cl)cn2)ccc1CNC1CC1. The van der Waals surface area contributed by atoms with Crippen LogP contribution in [0.25, 0.3) is 0 Å². The summed E-state index contributed by atoms with van der Waals surface area (Å²) in [5.41, 5.74) is 2.71. The summed E-state index contributed by atoms with van der Waals surface area (Å²) in [5.74, 6) is 0. The van der Waals surface area contributed by atoms with Gasteiger partial charge in [0.1, 0.15) is 5.03 Å². The highest BCUT2D eigenvalue weighted by Gasteiger charge is 2.20. The fraction of sp³-hybridized carbons (Fsp3) is 0.312. The lowest BCUT2D eigenvalue weighted by Gasteiger charge is -2.09. The molecule has 1 heterocycles. The number of halogens is 1. The summed E-state index contributed by atoms with van der Waals surface area (Å²) in [7, 11) is 0. The van der Waals surface area contributed by atoms with E-state index in [9.17, 15) is 0 Å². The van der Waals surface area contributed by atoms with Gasteiger partial charge in [-0.2, -0.15) is 0 Å². The minimum atomic E-state index is 0.673. The number of rotatable bonds is 5. The van der Waals surface area contributed by atoms with Crippen LogP contribution in [0.15, 0.2) is 46.5 Å². The monoisotopic (exact) mass is 304 g/mol. The van der Waals surface area contributed by atoms with Crippen molar-refractivity contribution >= 4 is 23.4 Å². The van der Waals surface area contributed by atoms with Crippen molar-refractivity contribution in [2.24, 2.45) is 0 Å². The third-order valence-corrected chi connectivity index (χ3v) is 4.56. The number of aryl methyl sites for hydroxylation is 1. The number of pyridine rings is 1. The first-order chi connectivity index (χ1) is 9.70. The molecule has 1 aliphatic rings. The lowest BCUT2D eigenvalue weighted by atomic mass is 10.1. The highest BCUT2D eigenvalue weighted by molar-refractivity contribution is 7.99. The molecule has 2 aromatic rings. The van der Waals surface area contributed by atoms with Crippen LogP contribution >= 0.6 is 23.4 Å². The zero-order chi connectivity index (χ0) is 13.9. The third kappa shape index (κ3) is 3.75. The van der Waals surface area contributed by atoms with Crippen LogP contribution in [0.2, 0.25) is 5.02 Å². The molecule has 0 aliphatic heterocycles. The van der Waals surface area contributed by atoms with Gasteiger partial charge in [0.05, 0.1) is 5.02 Å². The quantitative estimate of drug-likeness (QED) is 0.883. The molecule has 1 N–H and O–H groups in total. The van der Waals surface area contributed by atoms with E-state index in [0.29, 0.717) is 5.02 Å². The molecule has 0 bridgehead atoms. The number of nitrogens with one attached hydrogen (secondary N) is 1. The van der Waals surface area contributed by atoms with Gasteiger partial charge >= 0.3 is 0 Å². The van der Waals surface area contributed by atoms with Crippen molar-refractivity contribution in [3.8, 4) is 0 Å². The Morgan fingerprint density at radius 3 is 2.80 bits per heavy atom. The summed E-state index contributed by atoms with van der Waals surface area (Å²) in [6.07, 6.45) is 4.34. The van der Waals surface area contributed by atoms with E-state index in [0.717, 1.165) is 17.6 Å². The van der Waals surface area contributed by atoms with Gasteiger partial charge in [0.15, 0.2) is 0 Å². The topological polar surface area (TPSA) is 24.9 Å². The fourth-order valence-corrected chi connectivity index (χ4v) is 2.98. The van der Waals surface area contributed by atoms with Crippen LogP contribution in [-0.2, 0) is 6.54 Å². The molecule has 1 aliphatic carbocycles. The Bertz CT molecular complexity index is 594. The standard InChI is InChI=1S/C16H17ClN2S/c1-11-8-15(20-16-7-3-13(17)10-19-16)6-2-12(11)9-18-14-4-5-14/h2-3,6-8,10,14,18H,4-5,9H2,1H3. The average Bonchev–Trinajstić information content (AvgIpc) is 3.25. The summed E-state index contributed by atoms with van der Waals surface area (Å²) in [6, 6.07) is 11.2. The molecule has 1 fully saturated rings. The van der Waals surface area contributed by atoms with E-state index in [-0.39, 0.29) is 0 Å². The van der Waals surface area contributed by atoms with Crippen LogP contribution in [0.4, 0.5) is 0 Å². The average molecular weight is 305 g/mol. The molecule has 0 atom stereocenters. The zero-order valence-corrected chi connectivity index (χ0v) is 13.0. The molecule has 2 nitrogen and oxygen atoms in total. The maximum Gasteiger partial charge on any atom is 0.101 e. The van der Waals surface area contributed by atoms with Crippen molar-refractivity contribution in [1.29, 1.82) is 0 Å². The molecule has 0 radical (unpaired) electrons. The van der Waals surface area contributed by atoms with Gasteiger partial charge < -0.3 is 5.32 Å². The lowest BCUT2D eigenvalue weighted by molar-refractivity contribution is 0.685. The van der Waals surface area contributed by atoms with Gasteiger partial charge in [-0.15, -0.1) is 0 Å². The molecule has 0 amide bonds. The first-order valence-corrected chi connectivity index (χ1v) is 8.02. The fourth-order valence-electron chi connectivity index (χ4n) is 2.02. The Morgan fingerprint density at radius 2 is 2.15 bits per heavy atom. The Kier molecular flexibility index (Phi) is 4.29. The molecule has 1 aromatic heterocycles. The Hall–Kier alpha value is -1.03. The third-order valence-electron chi connectivity index (χ3n) is 3.40. The number of nitrogens with zero attached hydrogens (tertiary/aromatic N) is 1. The van der Waals surface area contributed by atoms with Crippen LogP contribution in [-0.4, -0.2) is 11.0 Å². The van der Waals surface area contributed by atoms with Crippen LogP contribution in [0.1, 0.15) is 24.0 Å². The summed E-state index contributed by atoms with van der Waals surface area (Å²) in [5, 5.41) is 5.20. The van der Waals surface area contributed by atoms with Crippen molar-refractivity contribution in [2.45, 2.75) is 42.3 Å². The maximum atomic E-state index is 5.85. The molecule has 3 rings (SSSR count). The zero-order valence-electron chi connectivity index (χ0n) is 11.4. The first kappa shape index (κ1) is 13.9. The van der Waals surface area contributed by atoms with E-state index in [1.54, 1.807) is 18.0 Å². The van der Waals surface area contributed by atoms with Gasteiger partial charge in [0.25, 0.3) is 0 Å². The Labute approximate surface area is 129 Å². The molecular weight excluding hydrogens is 288 g/mol. The summed E-state index contributed by atoms with van der Waals surface area (Å²) in [6.45, 7) is 3.14. The van der Waals surface area contributed by atoms with E-state index >= 15 is 0 Å². The van der Waals surface area contributed by atoms with Gasteiger partial charge in [-0.3, -0.25) is 0 Å². The molecule has 4 heteroatoms. The van der Waals surface area contributed by atoms with Crippen LogP contribution in [0, 0.1) is 6.92 Å². The van der Waals surface area contributed by atoms with Crippen molar-refractivity contribution in [3.05, 3.63) is 52.7 Å². The molecule has 1 aromatic carbocycles. The van der Waals surface area contributed by atoms with Crippen molar-refractivity contribution in [3.63, 3.8) is 0 Å². The second-order valence-electron chi connectivity index (χ2n) is 5.16. The maximum absolute atomic E-state index is 5.85. The van der Waals surface area contributed by atoms with Gasteiger partial charge in [-0.05, 0) is 55.2 Å². The van der Waals surface area contributed by atoms with Gasteiger partial charge in [-0.1, -0.05) is 29.4 Å². The smallest absolute Gasteiger partial charge is 0.101 e. The van der Waals surface area contributed by atoms with Crippen molar-refractivity contribution in [2.75, 3.05) is 0 Å². The number of aromatic nitrogens is 1. The molecule has 1 saturated carbocycles. The van der Waals surface area contributed by atoms with Gasteiger partial charge in [0.2, 0.25) is 0 Å². The van der Waals surface area contributed by atoms with E-state index in [1.807, 2.05) is 12.1 Å². The molecular formula is C16H17ClN2S. The van der Waals surface area contributed by atoms with Crippen LogP contribution in [0.3, 0.4) is 0 Å². The normalized spacial score (nSPS) is 14.5. The van der Waals surface area contributed by atoms with Crippen molar-refractivity contribution in [1.82, 2.24) is 10.3 Å². The van der Waals surface area contributed by atoms with E-state index in [2.05, 4.69) is 35.4 Å². The second kappa shape index (κ2) is 6.17. The predicted molar refractivity (Wildman–Crippen MR) is 84.4 cm³/mol. The first-order valence-electron chi connectivity index (χ1n) is 6.83. The summed E-state index contributed by atoms with van der Waals surface area (Å²) >= 11 is 7.51. The van der Waals surface area contributed by atoms with E-state index < -0.39 is 0 Å². The minimum Gasteiger partial charge on any atom is -0.310 e. The van der Waals surface area contributed by atoms with Crippen LogP contribution < -0.4 is 5.32 Å². The number of hydrogen-bond acceptors (Lipinski definition) is 3. The van der Waals surface area contributed by atoms with E-state index in [1.165, 1.54) is 28.9 Å². The molecule has 104 valence electrons. The molecule has 0 saturated heterocycles.